The highest BCUT2D eigenvalue weighted by Gasteiger charge is 2.29. The Bertz CT molecular complexity index is 685. The zero-order chi connectivity index (χ0) is 13.2. The van der Waals surface area contributed by atoms with Crippen LogP contribution in [0.5, 0.6) is 0 Å². The summed E-state index contributed by atoms with van der Waals surface area (Å²) in [7, 11) is 0. The Labute approximate surface area is 111 Å². The molecule has 0 saturated carbocycles. The van der Waals surface area contributed by atoms with Gasteiger partial charge in [-0.1, -0.05) is 30.2 Å². The van der Waals surface area contributed by atoms with Crippen LogP contribution in [0, 0.1) is 12.3 Å². The number of rotatable bonds is 2. The number of carbonyl (C=O) groups excluding carboxylic acids is 1. The molecular formula is C16H12N2O. The maximum atomic E-state index is 12.0. The van der Waals surface area contributed by atoms with Gasteiger partial charge in [-0.25, -0.2) is 0 Å². The molecule has 0 aromatic heterocycles. The van der Waals surface area contributed by atoms with E-state index in [1.807, 2.05) is 48.5 Å². The van der Waals surface area contributed by atoms with Gasteiger partial charge in [0, 0.05) is 22.5 Å². The van der Waals surface area contributed by atoms with Crippen LogP contribution in [-0.4, -0.2) is 5.91 Å². The lowest BCUT2D eigenvalue weighted by atomic mass is 10.1. The number of carbonyl (C=O) groups is 1. The number of para-hydroxylation sites is 1. The lowest BCUT2D eigenvalue weighted by Gasteiger charge is -2.13. The molecule has 2 aromatic carbocycles. The summed E-state index contributed by atoms with van der Waals surface area (Å²) >= 11 is 0. The first-order chi connectivity index (χ1) is 9.28. The molecule has 3 rings (SSSR count). The van der Waals surface area contributed by atoms with E-state index in [-0.39, 0.29) is 11.9 Å². The number of benzene rings is 2. The molecule has 3 nitrogen and oxygen atoms in total. The monoisotopic (exact) mass is 248 g/mol. The minimum atomic E-state index is -0.371. The van der Waals surface area contributed by atoms with E-state index in [9.17, 15) is 4.79 Å². The van der Waals surface area contributed by atoms with E-state index in [1.165, 1.54) is 0 Å². The SMILES string of the molecule is C#Cc1cccc(NC2C(=O)Nc3ccccc32)c1. The van der Waals surface area contributed by atoms with Crippen LogP contribution < -0.4 is 10.6 Å². The fourth-order valence-electron chi connectivity index (χ4n) is 2.22. The number of terminal acetylenes is 1. The van der Waals surface area contributed by atoms with E-state index in [1.54, 1.807) is 0 Å². The molecule has 2 aromatic rings. The van der Waals surface area contributed by atoms with Crippen LogP contribution in [0.3, 0.4) is 0 Å². The molecule has 0 aliphatic carbocycles. The van der Waals surface area contributed by atoms with E-state index in [0.717, 1.165) is 22.5 Å². The predicted molar refractivity (Wildman–Crippen MR) is 75.8 cm³/mol. The van der Waals surface area contributed by atoms with Gasteiger partial charge in [-0.15, -0.1) is 6.42 Å². The molecule has 3 heteroatoms. The van der Waals surface area contributed by atoms with E-state index in [2.05, 4.69) is 16.6 Å². The average molecular weight is 248 g/mol. The zero-order valence-electron chi connectivity index (χ0n) is 10.2. The molecule has 0 radical (unpaired) electrons. The quantitative estimate of drug-likeness (QED) is 0.802. The smallest absolute Gasteiger partial charge is 0.251 e. The number of anilines is 2. The topological polar surface area (TPSA) is 41.1 Å². The average Bonchev–Trinajstić information content (AvgIpc) is 2.76. The van der Waals surface area contributed by atoms with Crippen LogP contribution in [0.25, 0.3) is 0 Å². The number of nitrogens with one attached hydrogen (secondary N) is 2. The van der Waals surface area contributed by atoms with E-state index in [4.69, 9.17) is 6.42 Å². The van der Waals surface area contributed by atoms with Gasteiger partial charge in [-0.05, 0) is 24.3 Å². The third kappa shape index (κ3) is 2.04. The Hall–Kier alpha value is -2.73. The van der Waals surface area contributed by atoms with Gasteiger partial charge >= 0.3 is 0 Å². The number of amides is 1. The Balaban J connectivity index is 1.91. The summed E-state index contributed by atoms with van der Waals surface area (Å²) in [6, 6.07) is 14.8. The summed E-state index contributed by atoms with van der Waals surface area (Å²) in [5, 5.41) is 6.07. The normalized spacial score (nSPS) is 16.4. The molecular weight excluding hydrogens is 236 g/mol. The predicted octanol–water partition coefficient (Wildman–Crippen LogP) is 2.77. The van der Waals surface area contributed by atoms with Gasteiger partial charge in [-0.3, -0.25) is 4.79 Å². The van der Waals surface area contributed by atoms with Crippen molar-refractivity contribution in [2.75, 3.05) is 10.6 Å². The molecule has 1 aliphatic rings. The maximum absolute atomic E-state index is 12.0. The molecule has 0 bridgehead atoms. The van der Waals surface area contributed by atoms with Crippen LogP contribution in [-0.2, 0) is 4.79 Å². The molecule has 0 fully saturated rings. The Morgan fingerprint density at radius 2 is 2.00 bits per heavy atom. The first kappa shape index (κ1) is 11.4. The van der Waals surface area contributed by atoms with Gasteiger partial charge in [0.05, 0.1) is 0 Å². The van der Waals surface area contributed by atoms with E-state index in [0.29, 0.717) is 0 Å². The molecule has 0 saturated heterocycles. The number of fused-ring (bicyclic) bond motifs is 1. The molecule has 19 heavy (non-hydrogen) atoms. The second-order valence-corrected chi connectivity index (χ2v) is 4.38. The molecule has 1 heterocycles. The van der Waals surface area contributed by atoms with E-state index >= 15 is 0 Å². The minimum Gasteiger partial charge on any atom is -0.370 e. The highest BCUT2D eigenvalue weighted by atomic mass is 16.2. The standard InChI is InChI=1S/C16H12N2O/c1-2-11-6-5-7-12(10-11)17-15-13-8-3-4-9-14(13)18-16(15)19/h1,3-10,15,17H,(H,18,19). The lowest BCUT2D eigenvalue weighted by molar-refractivity contribution is -0.116. The molecule has 2 N–H and O–H groups in total. The van der Waals surface area contributed by atoms with Crippen molar-refractivity contribution < 1.29 is 4.79 Å². The van der Waals surface area contributed by atoms with Crippen molar-refractivity contribution in [2.24, 2.45) is 0 Å². The van der Waals surface area contributed by atoms with Crippen LogP contribution in [0.4, 0.5) is 11.4 Å². The fraction of sp³-hybridized carbons (Fsp3) is 0.0625. The van der Waals surface area contributed by atoms with Crippen molar-refractivity contribution >= 4 is 17.3 Å². The van der Waals surface area contributed by atoms with Crippen molar-refractivity contribution in [3.8, 4) is 12.3 Å². The summed E-state index contributed by atoms with van der Waals surface area (Å²) in [5.41, 5.74) is 3.45. The van der Waals surface area contributed by atoms with Gasteiger partial charge in [-0.2, -0.15) is 0 Å². The second-order valence-electron chi connectivity index (χ2n) is 4.38. The third-order valence-electron chi connectivity index (χ3n) is 3.13. The van der Waals surface area contributed by atoms with Crippen LogP contribution in [0.2, 0.25) is 0 Å². The summed E-state index contributed by atoms with van der Waals surface area (Å²) < 4.78 is 0. The molecule has 0 spiro atoms. The van der Waals surface area contributed by atoms with Gasteiger partial charge in [0.15, 0.2) is 0 Å². The Kier molecular flexibility index (Phi) is 2.70. The zero-order valence-corrected chi connectivity index (χ0v) is 10.2. The van der Waals surface area contributed by atoms with Crippen LogP contribution in [0.1, 0.15) is 17.2 Å². The van der Waals surface area contributed by atoms with Crippen molar-refractivity contribution in [1.29, 1.82) is 0 Å². The maximum Gasteiger partial charge on any atom is 0.251 e. The summed E-state index contributed by atoms with van der Waals surface area (Å²) in [6.07, 6.45) is 5.37. The molecule has 92 valence electrons. The van der Waals surface area contributed by atoms with Crippen molar-refractivity contribution in [2.45, 2.75) is 6.04 Å². The van der Waals surface area contributed by atoms with Gasteiger partial charge in [0.2, 0.25) is 0 Å². The molecule has 1 unspecified atom stereocenters. The molecule has 1 amide bonds. The van der Waals surface area contributed by atoms with Gasteiger partial charge in [0.1, 0.15) is 6.04 Å². The Morgan fingerprint density at radius 1 is 1.16 bits per heavy atom. The highest BCUT2D eigenvalue weighted by Crippen LogP contribution is 2.32. The largest absolute Gasteiger partial charge is 0.370 e. The lowest BCUT2D eigenvalue weighted by Crippen LogP contribution is -2.19. The molecule has 1 aliphatic heterocycles. The first-order valence-corrected chi connectivity index (χ1v) is 6.01. The van der Waals surface area contributed by atoms with Crippen molar-refractivity contribution in [3.63, 3.8) is 0 Å². The highest BCUT2D eigenvalue weighted by molar-refractivity contribution is 6.04. The minimum absolute atomic E-state index is 0.0488. The summed E-state index contributed by atoms with van der Waals surface area (Å²) in [4.78, 5) is 12.0. The summed E-state index contributed by atoms with van der Waals surface area (Å²) in [5.74, 6) is 2.53. The number of hydrogen-bond donors (Lipinski definition) is 2. The second kappa shape index (κ2) is 4.51. The van der Waals surface area contributed by atoms with Gasteiger partial charge < -0.3 is 10.6 Å². The summed E-state index contributed by atoms with van der Waals surface area (Å²) in [6.45, 7) is 0. The molecule has 1 atom stereocenters. The van der Waals surface area contributed by atoms with Crippen molar-refractivity contribution in [3.05, 3.63) is 59.7 Å². The third-order valence-corrected chi connectivity index (χ3v) is 3.13. The first-order valence-electron chi connectivity index (χ1n) is 6.01. The van der Waals surface area contributed by atoms with Crippen molar-refractivity contribution in [1.82, 2.24) is 0 Å². The van der Waals surface area contributed by atoms with Crippen LogP contribution >= 0.6 is 0 Å². The van der Waals surface area contributed by atoms with Gasteiger partial charge in [0.25, 0.3) is 5.91 Å². The van der Waals surface area contributed by atoms with Crippen LogP contribution in [0.15, 0.2) is 48.5 Å². The van der Waals surface area contributed by atoms with E-state index < -0.39 is 0 Å². The fourth-order valence-corrected chi connectivity index (χ4v) is 2.22. The number of hydrogen-bond acceptors (Lipinski definition) is 2. The Morgan fingerprint density at radius 3 is 2.84 bits per heavy atom.